The van der Waals surface area contributed by atoms with Crippen molar-refractivity contribution in [2.45, 2.75) is 125 Å². The van der Waals surface area contributed by atoms with Crippen LogP contribution in [-0.4, -0.2) is 67.6 Å². The van der Waals surface area contributed by atoms with E-state index in [0.29, 0.717) is 46.8 Å². The van der Waals surface area contributed by atoms with Crippen LogP contribution >= 0.6 is 0 Å². The molecule has 0 aliphatic rings. The maximum atomic E-state index is 15.1. The Morgan fingerprint density at radius 3 is 1.29 bits per heavy atom. The van der Waals surface area contributed by atoms with Gasteiger partial charge in [0.25, 0.3) is 0 Å². The number of unbranched alkanes of at least 4 members (excludes halogenated alkanes) is 5. The van der Waals surface area contributed by atoms with Gasteiger partial charge in [-0.3, -0.25) is 0 Å². The van der Waals surface area contributed by atoms with Gasteiger partial charge in [-0.05, 0) is 13.3 Å². The number of hydrogen-bond donors (Lipinski definition) is 0. The zero-order valence-electron chi connectivity index (χ0n) is 22.7. The SMILES string of the molecule is CCCCCCCCC(C(C)(OC)OC)C(F)(F)C(F)(F)C(F)(F)C(F)(F)C(F)(F)C(F)(F)C(F)(F)CCC(F)(F)F. The van der Waals surface area contributed by atoms with Crippen LogP contribution in [0, 0.1) is 5.92 Å². The molecule has 0 aromatic rings. The molecule has 0 N–H and O–H groups in total. The van der Waals surface area contributed by atoms with E-state index in [9.17, 15) is 65.9 Å². The average molecular weight is 662 g/mol. The van der Waals surface area contributed by atoms with E-state index in [1.165, 1.54) is 0 Å². The fraction of sp³-hybridized carbons (Fsp3) is 1.00. The predicted octanol–water partition coefficient (Wildman–Crippen LogP) is 10.2. The molecule has 0 aromatic heterocycles. The average Bonchev–Trinajstić information content (AvgIpc) is 2.85. The Bertz CT molecular complexity index is 835. The summed E-state index contributed by atoms with van der Waals surface area (Å²) in [6.45, 7) is 2.26. The lowest BCUT2D eigenvalue weighted by Gasteiger charge is -2.46. The first-order valence-corrected chi connectivity index (χ1v) is 12.3. The largest absolute Gasteiger partial charge is 0.389 e. The number of hydrogen-bond acceptors (Lipinski definition) is 2. The van der Waals surface area contributed by atoms with Crippen LogP contribution in [0.2, 0.25) is 0 Å². The van der Waals surface area contributed by atoms with Gasteiger partial charge in [0.15, 0.2) is 5.79 Å². The Labute approximate surface area is 230 Å². The van der Waals surface area contributed by atoms with Crippen molar-refractivity contribution < 1.29 is 84.1 Å². The summed E-state index contributed by atoms with van der Waals surface area (Å²) >= 11 is 0. The van der Waals surface area contributed by atoms with Gasteiger partial charge in [-0.1, -0.05) is 45.4 Å². The molecule has 0 aliphatic carbocycles. The van der Waals surface area contributed by atoms with E-state index in [1.807, 2.05) is 0 Å². The third kappa shape index (κ3) is 7.50. The number of rotatable bonds is 19. The first kappa shape index (κ1) is 40.7. The minimum absolute atomic E-state index is 0.00842. The minimum Gasteiger partial charge on any atom is -0.353 e. The normalized spacial score (nSPS) is 16.2. The monoisotopic (exact) mass is 662 g/mol. The first-order chi connectivity index (χ1) is 18.5. The highest BCUT2D eigenvalue weighted by molar-refractivity contribution is 5.15. The molecular formula is C23H31F17O2. The molecule has 0 spiro atoms. The Balaban J connectivity index is 6.73. The zero-order chi connectivity index (χ0) is 33.9. The lowest BCUT2D eigenvalue weighted by Crippen LogP contribution is -2.74. The molecule has 0 aromatic carbocycles. The summed E-state index contributed by atoms with van der Waals surface area (Å²) in [7, 11) is 1.08. The summed E-state index contributed by atoms with van der Waals surface area (Å²) in [5.74, 6) is -60.2. The molecule has 0 saturated carbocycles. The molecule has 0 amide bonds. The first-order valence-electron chi connectivity index (χ1n) is 12.3. The van der Waals surface area contributed by atoms with Crippen LogP contribution in [-0.2, 0) is 9.47 Å². The third-order valence-corrected chi connectivity index (χ3v) is 6.91. The Hall–Kier alpha value is -1.27. The van der Waals surface area contributed by atoms with Crippen molar-refractivity contribution in [2.24, 2.45) is 5.92 Å². The van der Waals surface area contributed by atoms with Gasteiger partial charge < -0.3 is 9.47 Å². The van der Waals surface area contributed by atoms with Gasteiger partial charge in [-0.25, -0.2) is 0 Å². The summed E-state index contributed by atoms with van der Waals surface area (Å²) in [5.41, 5.74) is 0. The lowest BCUT2D eigenvalue weighted by atomic mass is 9.79. The van der Waals surface area contributed by atoms with Crippen molar-refractivity contribution in [1.29, 1.82) is 0 Å². The summed E-state index contributed by atoms with van der Waals surface area (Å²) in [5, 5.41) is 0. The van der Waals surface area contributed by atoms with Gasteiger partial charge in [0.2, 0.25) is 0 Å². The molecule has 1 atom stereocenters. The Morgan fingerprint density at radius 1 is 0.500 bits per heavy atom. The second kappa shape index (κ2) is 13.4. The van der Waals surface area contributed by atoms with Crippen molar-refractivity contribution in [3.8, 4) is 0 Å². The lowest BCUT2D eigenvalue weighted by molar-refractivity contribution is -0.450. The fourth-order valence-corrected chi connectivity index (χ4v) is 3.97. The van der Waals surface area contributed by atoms with Crippen molar-refractivity contribution >= 4 is 0 Å². The van der Waals surface area contributed by atoms with Crippen LogP contribution in [0.5, 0.6) is 0 Å². The van der Waals surface area contributed by atoms with E-state index in [1.54, 1.807) is 6.92 Å². The molecule has 0 radical (unpaired) electrons. The minimum atomic E-state index is -8.39. The summed E-state index contributed by atoms with van der Waals surface area (Å²) in [6.07, 6.45) is -11.7. The highest BCUT2D eigenvalue weighted by atomic mass is 19.4. The molecule has 2 nitrogen and oxygen atoms in total. The van der Waals surface area contributed by atoms with Gasteiger partial charge in [-0.2, -0.15) is 74.6 Å². The molecular weight excluding hydrogens is 631 g/mol. The van der Waals surface area contributed by atoms with Gasteiger partial charge in [0, 0.05) is 27.1 Å². The van der Waals surface area contributed by atoms with Crippen LogP contribution in [0.3, 0.4) is 0 Å². The number of halogens is 17. The molecule has 0 bridgehead atoms. The molecule has 0 fully saturated rings. The number of methoxy groups -OCH3 is 2. The molecule has 42 heavy (non-hydrogen) atoms. The van der Waals surface area contributed by atoms with E-state index >= 15 is 8.78 Å². The Kier molecular flexibility index (Phi) is 13.0. The van der Waals surface area contributed by atoms with Gasteiger partial charge in [0.05, 0.1) is 5.92 Å². The van der Waals surface area contributed by atoms with Crippen LogP contribution in [0.4, 0.5) is 74.6 Å². The quantitative estimate of drug-likeness (QED) is 0.0779. The number of ether oxygens (including phenoxy) is 2. The Morgan fingerprint density at radius 2 is 0.881 bits per heavy atom. The van der Waals surface area contributed by atoms with Crippen molar-refractivity contribution in [3.05, 3.63) is 0 Å². The second-order valence-corrected chi connectivity index (χ2v) is 9.85. The molecule has 0 aliphatic heterocycles. The van der Waals surface area contributed by atoms with Crippen molar-refractivity contribution in [1.82, 2.24) is 0 Å². The van der Waals surface area contributed by atoms with Gasteiger partial charge >= 0.3 is 47.6 Å². The molecule has 1 unspecified atom stereocenters. The van der Waals surface area contributed by atoms with E-state index in [-0.39, 0.29) is 6.42 Å². The van der Waals surface area contributed by atoms with Crippen LogP contribution in [0.1, 0.15) is 71.6 Å². The summed E-state index contributed by atoms with van der Waals surface area (Å²) in [6, 6.07) is 0. The standard InChI is InChI=1S/C23H31F17O2/c1-5-6-7-8-9-10-11-14(15(2,41-3)42-4)18(29,30)20(33,34)22(37,38)23(39,40)21(35,36)19(31,32)16(24,25)12-13-17(26,27)28/h14H,5-13H2,1-4H3. The highest BCUT2D eigenvalue weighted by Crippen LogP contribution is 2.64. The topological polar surface area (TPSA) is 18.5 Å². The van der Waals surface area contributed by atoms with E-state index < -0.39 is 85.0 Å². The maximum absolute atomic E-state index is 15.1. The highest BCUT2D eigenvalue weighted by Gasteiger charge is 2.93. The van der Waals surface area contributed by atoms with E-state index in [4.69, 9.17) is 0 Å². The number of alkyl halides is 17. The second-order valence-electron chi connectivity index (χ2n) is 9.85. The fourth-order valence-electron chi connectivity index (χ4n) is 3.97. The van der Waals surface area contributed by atoms with Crippen LogP contribution in [0.15, 0.2) is 0 Å². The van der Waals surface area contributed by atoms with Crippen molar-refractivity contribution in [2.75, 3.05) is 14.2 Å². The molecule has 0 heterocycles. The third-order valence-electron chi connectivity index (χ3n) is 6.91. The smallest absolute Gasteiger partial charge is 0.353 e. The molecule has 0 rings (SSSR count). The predicted molar refractivity (Wildman–Crippen MR) is 114 cm³/mol. The van der Waals surface area contributed by atoms with Crippen LogP contribution < -0.4 is 0 Å². The molecule has 0 saturated heterocycles. The maximum Gasteiger partial charge on any atom is 0.389 e. The van der Waals surface area contributed by atoms with E-state index in [2.05, 4.69) is 9.47 Å². The van der Waals surface area contributed by atoms with E-state index in [0.717, 1.165) is 0 Å². The van der Waals surface area contributed by atoms with Crippen LogP contribution in [0.25, 0.3) is 0 Å². The summed E-state index contributed by atoms with van der Waals surface area (Å²) in [4.78, 5) is 0. The summed E-state index contributed by atoms with van der Waals surface area (Å²) < 4.78 is 246. The van der Waals surface area contributed by atoms with Gasteiger partial charge in [-0.15, -0.1) is 0 Å². The molecule has 254 valence electrons. The van der Waals surface area contributed by atoms with Gasteiger partial charge in [0.1, 0.15) is 0 Å². The zero-order valence-corrected chi connectivity index (χ0v) is 22.7. The van der Waals surface area contributed by atoms with Crippen molar-refractivity contribution in [3.63, 3.8) is 0 Å². The molecule has 19 heteroatoms.